The van der Waals surface area contributed by atoms with E-state index in [9.17, 15) is 14.9 Å². The number of pyridine rings is 1. The van der Waals surface area contributed by atoms with E-state index in [0.29, 0.717) is 48.8 Å². The van der Waals surface area contributed by atoms with Gasteiger partial charge in [-0.1, -0.05) is 23.7 Å². The van der Waals surface area contributed by atoms with Gasteiger partial charge in [-0.3, -0.25) is 14.9 Å². The van der Waals surface area contributed by atoms with Gasteiger partial charge in [-0.05, 0) is 64.5 Å². The van der Waals surface area contributed by atoms with Gasteiger partial charge in [0.25, 0.3) is 11.2 Å². The molecule has 0 N–H and O–H groups in total. The Bertz CT molecular complexity index is 2090. The fourth-order valence-electron chi connectivity index (χ4n) is 4.18. The van der Waals surface area contributed by atoms with Gasteiger partial charge in [0.1, 0.15) is 11.8 Å². The van der Waals surface area contributed by atoms with Crippen LogP contribution in [-0.4, -0.2) is 32.9 Å². The number of para-hydroxylation sites is 1. The number of furan rings is 1. The number of nitro groups is 1. The molecule has 0 spiro atoms. The van der Waals surface area contributed by atoms with Crippen LogP contribution < -0.4 is 15.0 Å². The van der Waals surface area contributed by atoms with E-state index in [2.05, 4.69) is 31.0 Å². The van der Waals surface area contributed by atoms with Crippen LogP contribution in [0.25, 0.3) is 33.5 Å². The van der Waals surface area contributed by atoms with Crippen LogP contribution in [0.4, 0.5) is 5.69 Å². The molecule has 6 aromatic rings. The van der Waals surface area contributed by atoms with Crippen molar-refractivity contribution in [2.75, 3.05) is 7.11 Å². The maximum absolute atomic E-state index is 13.6. The molecule has 13 heteroatoms. The summed E-state index contributed by atoms with van der Waals surface area (Å²) in [6, 6.07) is 19.9. The Morgan fingerprint density at radius 1 is 1.10 bits per heavy atom. The summed E-state index contributed by atoms with van der Waals surface area (Å²) < 4.78 is 19.0. The molecule has 0 aliphatic carbocycles. The van der Waals surface area contributed by atoms with Gasteiger partial charge in [-0.15, -0.1) is 0 Å². The smallest absolute Gasteiger partial charge is 0.287 e. The van der Waals surface area contributed by atoms with Gasteiger partial charge >= 0.3 is 0 Å². The second-order valence-corrected chi connectivity index (χ2v) is 10.1. The highest BCUT2D eigenvalue weighted by atomic mass is 79.9. The molecule has 0 aliphatic heterocycles. The fourth-order valence-corrected chi connectivity index (χ4v) is 4.78. The van der Waals surface area contributed by atoms with E-state index in [0.717, 1.165) is 11.6 Å². The lowest BCUT2D eigenvalue weighted by Crippen LogP contribution is -2.20. The van der Waals surface area contributed by atoms with Crippen LogP contribution in [-0.2, 0) is 0 Å². The standard InChI is InChI=1S/C29H17BrClN5O6/c1-40-24-12-17(21(30)13-25(24)42-27-9-7-19(15-32-27)36(38)39)14-33-35-28(34-22-5-3-2-4-20(22)29(35)37)26-11-16-10-18(31)6-8-23(16)41-26/h2-15H,1H3. The summed E-state index contributed by atoms with van der Waals surface area (Å²) in [7, 11) is 1.46. The summed E-state index contributed by atoms with van der Waals surface area (Å²) in [6.45, 7) is 0. The predicted molar refractivity (Wildman–Crippen MR) is 161 cm³/mol. The molecule has 0 aliphatic rings. The molecule has 0 fully saturated rings. The summed E-state index contributed by atoms with van der Waals surface area (Å²) in [5.74, 6) is 1.31. The van der Waals surface area contributed by atoms with Crippen molar-refractivity contribution in [2.24, 2.45) is 5.10 Å². The van der Waals surface area contributed by atoms with Crippen molar-refractivity contribution in [3.63, 3.8) is 0 Å². The summed E-state index contributed by atoms with van der Waals surface area (Å²) in [4.78, 5) is 32.6. The van der Waals surface area contributed by atoms with E-state index < -0.39 is 10.5 Å². The molecule has 3 aromatic carbocycles. The molecule has 6 rings (SSSR count). The van der Waals surface area contributed by atoms with Gasteiger partial charge in [0.05, 0.1) is 29.2 Å². The lowest BCUT2D eigenvalue weighted by Gasteiger charge is -2.12. The van der Waals surface area contributed by atoms with Crippen molar-refractivity contribution in [1.82, 2.24) is 14.6 Å². The van der Waals surface area contributed by atoms with Gasteiger partial charge < -0.3 is 13.9 Å². The average molecular weight is 647 g/mol. The number of nitrogens with zero attached hydrogens (tertiary/aromatic N) is 5. The Morgan fingerprint density at radius 3 is 2.69 bits per heavy atom. The Balaban J connectivity index is 1.41. The zero-order valence-electron chi connectivity index (χ0n) is 21.5. The molecular weight excluding hydrogens is 630 g/mol. The number of aromatic nitrogens is 3. The SMILES string of the molecule is COc1cc(C=Nn2c(-c3cc4cc(Cl)ccc4o3)nc3ccccc3c2=O)c(Br)cc1Oc1ccc([N+](=O)[O-])cn1. The summed E-state index contributed by atoms with van der Waals surface area (Å²) in [6.07, 6.45) is 2.57. The van der Waals surface area contributed by atoms with Crippen LogP contribution in [0.3, 0.4) is 0 Å². The topological polar surface area (TPSA) is 135 Å². The second-order valence-electron chi connectivity index (χ2n) is 8.85. The van der Waals surface area contributed by atoms with Crippen LogP contribution in [0.2, 0.25) is 5.02 Å². The number of ether oxygens (including phenoxy) is 2. The average Bonchev–Trinajstić information content (AvgIpc) is 3.41. The molecule has 3 heterocycles. The molecule has 42 heavy (non-hydrogen) atoms. The highest BCUT2D eigenvalue weighted by Crippen LogP contribution is 2.36. The summed E-state index contributed by atoms with van der Waals surface area (Å²) in [5, 5.41) is 17.1. The molecule has 0 unspecified atom stereocenters. The number of rotatable bonds is 7. The highest BCUT2D eigenvalue weighted by Gasteiger charge is 2.18. The van der Waals surface area contributed by atoms with Crippen molar-refractivity contribution >= 4 is 61.3 Å². The Labute approximate surface area is 249 Å². The Hall–Kier alpha value is -5.07. The number of hydrogen-bond donors (Lipinski definition) is 0. The van der Waals surface area contributed by atoms with Gasteiger partial charge in [-0.2, -0.15) is 9.78 Å². The molecule has 0 bridgehead atoms. The first-order chi connectivity index (χ1) is 20.3. The zero-order chi connectivity index (χ0) is 29.4. The van der Waals surface area contributed by atoms with E-state index >= 15 is 0 Å². The summed E-state index contributed by atoms with van der Waals surface area (Å²) in [5.41, 5.74) is 1.08. The molecule has 0 radical (unpaired) electrons. The summed E-state index contributed by atoms with van der Waals surface area (Å²) >= 11 is 9.66. The minimum absolute atomic E-state index is 0.137. The third-order valence-electron chi connectivity index (χ3n) is 6.19. The van der Waals surface area contributed by atoms with Crippen LogP contribution in [0.15, 0.2) is 97.8 Å². The van der Waals surface area contributed by atoms with Crippen molar-refractivity contribution < 1.29 is 18.8 Å². The lowest BCUT2D eigenvalue weighted by atomic mass is 10.2. The molecule has 0 saturated heterocycles. The first kappa shape index (κ1) is 27.1. The third kappa shape index (κ3) is 5.20. The monoisotopic (exact) mass is 645 g/mol. The minimum atomic E-state index is -0.548. The number of methoxy groups -OCH3 is 1. The van der Waals surface area contributed by atoms with E-state index in [-0.39, 0.29) is 17.4 Å². The maximum Gasteiger partial charge on any atom is 0.287 e. The molecule has 0 amide bonds. The number of benzene rings is 3. The van der Waals surface area contributed by atoms with Gasteiger partial charge in [0, 0.05) is 32.6 Å². The Kier molecular flexibility index (Phi) is 7.15. The van der Waals surface area contributed by atoms with Crippen molar-refractivity contribution in [3.05, 3.63) is 115 Å². The van der Waals surface area contributed by atoms with Crippen molar-refractivity contribution in [3.8, 4) is 29.0 Å². The van der Waals surface area contributed by atoms with Gasteiger partial charge in [0.2, 0.25) is 11.7 Å². The van der Waals surface area contributed by atoms with Gasteiger partial charge in [0.15, 0.2) is 17.3 Å². The van der Waals surface area contributed by atoms with Crippen LogP contribution >= 0.6 is 27.5 Å². The fraction of sp³-hybridized carbons (Fsp3) is 0.0345. The second kappa shape index (κ2) is 11.1. The van der Waals surface area contributed by atoms with E-state index in [4.69, 9.17) is 25.5 Å². The van der Waals surface area contributed by atoms with Crippen molar-refractivity contribution in [2.45, 2.75) is 0 Å². The zero-order valence-corrected chi connectivity index (χ0v) is 23.9. The quantitative estimate of drug-likeness (QED) is 0.101. The number of fused-ring (bicyclic) bond motifs is 2. The first-order valence-corrected chi connectivity index (χ1v) is 13.4. The maximum atomic E-state index is 13.6. The van der Waals surface area contributed by atoms with E-state index in [1.54, 1.807) is 60.7 Å². The van der Waals surface area contributed by atoms with Crippen LogP contribution in [0.1, 0.15) is 5.56 Å². The van der Waals surface area contributed by atoms with Crippen LogP contribution in [0.5, 0.6) is 17.4 Å². The molecule has 0 atom stereocenters. The lowest BCUT2D eigenvalue weighted by molar-refractivity contribution is -0.385. The highest BCUT2D eigenvalue weighted by molar-refractivity contribution is 9.10. The molecular formula is C29H17BrClN5O6. The number of halogens is 2. The number of hydrogen-bond acceptors (Lipinski definition) is 9. The first-order valence-electron chi connectivity index (χ1n) is 12.2. The predicted octanol–water partition coefficient (Wildman–Crippen LogP) is 7.21. The molecule has 11 nitrogen and oxygen atoms in total. The van der Waals surface area contributed by atoms with E-state index in [1.165, 1.54) is 30.1 Å². The largest absolute Gasteiger partial charge is 0.493 e. The minimum Gasteiger partial charge on any atom is -0.493 e. The van der Waals surface area contributed by atoms with Gasteiger partial charge in [-0.25, -0.2) is 9.97 Å². The normalized spacial score (nSPS) is 11.4. The van der Waals surface area contributed by atoms with Crippen LogP contribution in [0, 0.1) is 10.1 Å². The Morgan fingerprint density at radius 2 is 1.93 bits per heavy atom. The third-order valence-corrected chi connectivity index (χ3v) is 7.12. The van der Waals surface area contributed by atoms with E-state index in [1.807, 2.05) is 0 Å². The molecule has 208 valence electrons. The molecule has 0 saturated carbocycles. The molecule has 3 aromatic heterocycles. The van der Waals surface area contributed by atoms with Crippen molar-refractivity contribution in [1.29, 1.82) is 0 Å².